The van der Waals surface area contributed by atoms with E-state index >= 15 is 0 Å². The second-order valence-corrected chi connectivity index (χ2v) is 4.56. The van der Waals surface area contributed by atoms with Crippen LogP contribution in [-0.2, 0) is 9.47 Å². The normalized spacial score (nSPS) is 15.6. The lowest BCUT2D eigenvalue weighted by atomic mass is 10.2. The van der Waals surface area contributed by atoms with Crippen molar-refractivity contribution in [2.45, 2.75) is 13.2 Å². The second-order valence-electron chi connectivity index (χ2n) is 4.56. The Labute approximate surface area is 112 Å². The Kier molecular flexibility index (Phi) is 3.49. The van der Waals surface area contributed by atoms with Gasteiger partial charge >= 0.3 is 0 Å². The third-order valence-corrected chi connectivity index (χ3v) is 2.98. The van der Waals surface area contributed by atoms with Crippen molar-refractivity contribution in [2.75, 3.05) is 13.2 Å². The van der Waals surface area contributed by atoms with Gasteiger partial charge in [-0.2, -0.15) is 0 Å². The number of rotatable bonds is 3. The van der Waals surface area contributed by atoms with E-state index in [-0.39, 0.29) is 6.29 Å². The van der Waals surface area contributed by atoms with Crippen molar-refractivity contribution >= 4 is 0 Å². The van der Waals surface area contributed by atoms with Gasteiger partial charge in [0.2, 0.25) is 0 Å². The van der Waals surface area contributed by atoms with Crippen LogP contribution in [0.5, 0.6) is 11.5 Å². The Morgan fingerprint density at radius 3 is 2.37 bits per heavy atom. The molecule has 1 aliphatic rings. The van der Waals surface area contributed by atoms with Gasteiger partial charge in [0.1, 0.15) is 11.5 Å². The molecule has 1 saturated heterocycles. The quantitative estimate of drug-likeness (QED) is 0.835. The van der Waals surface area contributed by atoms with Gasteiger partial charge < -0.3 is 14.2 Å². The van der Waals surface area contributed by atoms with Crippen molar-refractivity contribution in [3.05, 3.63) is 59.7 Å². The molecule has 98 valence electrons. The van der Waals surface area contributed by atoms with E-state index in [0.29, 0.717) is 13.2 Å². The molecule has 1 aliphatic heterocycles. The van der Waals surface area contributed by atoms with Crippen molar-refractivity contribution in [3.8, 4) is 11.5 Å². The SMILES string of the molecule is Cc1cccc(Oc2cccc(C3OCCO3)c2)c1. The van der Waals surface area contributed by atoms with Crippen LogP contribution in [0.15, 0.2) is 48.5 Å². The Morgan fingerprint density at radius 2 is 1.63 bits per heavy atom. The number of ether oxygens (including phenoxy) is 3. The summed E-state index contributed by atoms with van der Waals surface area (Å²) in [6.45, 7) is 3.34. The smallest absolute Gasteiger partial charge is 0.184 e. The molecule has 0 amide bonds. The van der Waals surface area contributed by atoms with Crippen molar-refractivity contribution in [2.24, 2.45) is 0 Å². The predicted octanol–water partition coefficient (Wildman–Crippen LogP) is 3.83. The topological polar surface area (TPSA) is 27.7 Å². The molecular weight excluding hydrogens is 240 g/mol. The molecule has 0 bridgehead atoms. The van der Waals surface area contributed by atoms with Gasteiger partial charge in [0, 0.05) is 5.56 Å². The average molecular weight is 256 g/mol. The van der Waals surface area contributed by atoms with Crippen LogP contribution in [0.4, 0.5) is 0 Å². The molecule has 0 saturated carbocycles. The molecular formula is C16H16O3. The zero-order valence-electron chi connectivity index (χ0n) is 10.8. The Balaban J connectivity index is 1.79. The van der Waals surface area contributed by atoms with E-state index in [4.69, 9.17) is 14.2 Å². The van der Waals surface area contributed by atoms with Crippen LogP contribution in [0, 0.1) is 6.92 Å². The standard InChI is InChI=1S/C16H16O3/c1-12-4-2-6-14(10-12)19-15-7-3-5-13(11-15)16-17-8-9-18-16/h2-7,10-11,16H,8-9H2,1H3. The fourth-order valence-electron chi connectivity index (χ4n) is 2.09. The predicted molar refractivity (Wildman–Crippen MR) is 72.3 cm³/mol. The van der Waals surface area contributed by atoms with Crippen LogP contribution >= 0.6 is 0 Å². The molecule has 0 spiro atoms. The molecule has 0 atom stereocenters. The summed E-state index contributed by atoms with van der Waals surface area (Å²) in [5, 5.41) is 0. The summed E-state index contributed by atoms with van der Waals surface area (Å²) < 4.78 is 16.8. The highest BCUT2D eigenvalue weighted by molar-refractivity contribution is 5.36. The lowest BCUT2D eigenvalue weighted by Gasteiger charge is -2.11. The Hall–Kier alpha value is -1.84. The largest absolute Gasteiger partial charge is 0.457 e. The zero-order valence-corrected chi connectivity index (χ0v) is 10.8. The van der Waals surface area contributed by atoms with Crippen LogP contribution in [-0.4, -0.2) is 13.2 Å². The molecule has 3 rings (SSSR count). The second kappa shape index (κ2) is 5.43. The van der Waals surface area contributed by atoms with Gasteiger partial charge in [-0.15, -0.1) is 0 Å². The molecule has 1 fully saturated rings. The number of benzene rings is 2. The molecule has 0 aromatic heterocycles. The van der Waals surface area contributed by atoms with Gasteiger partial charge in [-0.05, 0) is 36.8 Å². The lowest BCUT2D eigenvalue weighted by Crippen LogP contribution is -1.98. The van der Waals surface area contributed by atoms with E-state index in [9.17, 15) is 0 Å². The molecule has 2 aromatic rings. The molecule has 2 aromatic carbocycles. The highest BCUT2D eigenvalue weighted by Crippen LogP contribution is 2.28. The molecule has 0 aliphatic carbocycles. The first-order valence-corrected chi connectivity index (χ1v) is 6.39. The third kappa shape index (κ3) is 2.95. The van der Waals surface area contributed by atoms with E-state index in [2.05, 4.69) is 0 Å². The summed E-state index contributed by atoms with van der Waals surface area (Å²) >= 11 is 0. The summed E-state index contributed by atoms with van der Waals surface area (Å²) in [7, 11) is 0. The van der Waals surface area contributed by atoms with Crippen molar-refractivity contribution in [1.29, 1.82) is 0 Å². The van der Waals surface area contributed by atoms with Crippen LogP contribution in [0.25, 0.3) is 0 Å². The fourth-order valence-corrected chi connectivity index (χ4v) is 2.09. The minimum Gasteiger partial charge on any atom is -0.457 e. The third-order valence-electron chi connectivity index (χ3n) is 2.98. The minimum atomic E-state index is -0.263. The summed E-state index contributed by atoms with van der Waals surface area (Å²) in [6.07, 6.45) is -0.263. The van der Waals surface area contributed by atoms with Crippen LogP contribution in [0.2, 0.25) is 0 Å². The average Bonchev–Trinajstić information content (AvgIpc) is 2.93. The Bertz CT molecular complexity index is 559. The summed E-state index contributed by atoms with van der Waals surface area (Å²) in [6, 6.07) is 15.8. The van der Waals surface area contributed by atoms with Crippen LogP contribution in [0.1, 0.15) is 17.4 Å². The molecule has 19 heavy (non-hydrogen) atoms. The van der Waals surface area contributed by atoms with Gasteiger partial charge in [-0.3, -0.25) is 0 Å². The van der Waals surface area contributed by atoms with Crippen molar-refractivity contribution < 1.29 is 14.2 Å². The number of hydrogen-bond acceptors (Lipinski definition) is 3. The molecule has 3 nitrogen and oxygen atoms in total. The van der Waals surface area contributed by atoms with E-state index in [0.717, 1.165) is 17.1 Å². The summed E-state index contributed by atoms with van der Waals surface area (Å²) in [5.74, 6) is 1.63. The molecule has 0 unspecified atom stereocenters. The van der Waals surface area contributed by atoms with Gasteiger partial charge in [-0.1, -0.05) is 24.3 Å². The number of hydrogen-bond donors (Lipinski definition) is 0. The zero-order chi connectivity index (χ0) is 13.1. The van der Waals surface area contributed by atoms with Gasteiger partial charge in [0.15, 0.2) is 6.29 Å². The van der Waals surface area contributed by atoms with E-state index in [1.807, 2.05) is 55.5 Å². The molecule has 3 heteroatoms. The highest BCUT2D eigenvalue weighted by atomic mass is 16.7. The lowest BCUT2D eigenvalue weighted by molar-refractivity contribution is -0.0442. The van der Waals surface area contributed by atoms with Crippen molar-refractivity contribution in [3.63, 3.8) is 0 Å². The van der Waals surface area contributed by atoms with Gasteiger partial charge in [0.25, 0.3) is 0 Å². The Morgan fingerprint density at radius 1 is 0.947 bits per heavy atom. The van der Waals surface area contributed by atoms with Gasteiger partial charge in [0.05, 0.1) is 13.2 Å². The molecule has 0 N–H and O–H groups in total. The monoisotopic (exact) mass is 256 g/mol. The molecule has 1 heterocycles. The van der Waals surface area contributed by atoms with E-state index in [1.165, 1.54) is 5.56 Å². The maximum absolute atomic E-state index is 5.85. The van der Waals surface area contributed by atoms with Crippen molar-refractivity contribution in [1.82, 2.24) is 0 Å². The van der Waals surface area contributed by atoms with E-state index < -0.39 is 0 Å². The first-order chi connectivity index (χ1) is 9.31. The molecule has 0 radical (unpaired) electrons. The maximum Gasteiger partial charge on any atom is 0.184 e. The maximum atomic E-state index is 5.85. The fraction of sp³-hybridized carbons (Fsp3) is 0.250. The summed E-state index contributed by atoms with van der Waals surface area (Å²) in [4.78, 5) is 0. The number of aryl methyl sites for hydroxylation is 1. The van der Waals surface area contributed by atoms with Crippen LogP contribution < -0.4 is 4.74 Å². The van der Waals surface area contributed by atoms with E-state index in [1.54, 1.807) is 0 Å². The first-order valence-electron chi connectivity index (χ1n) is 6.39. The van der Waals surface area contributed by atoms with Gasteiger partial charge in [-0.25, -0.2) is 0 Å². The minimum absolute atomic E-state index is 0.263. The first kappa shape index (κ1) is 12.2. The van der Waals surface area contributed by atoms with Crippen LogP contribution in [0.3, 0.4) is 0 Å². The highest BCUT2D eigenvalue weighted by Gasteiger charge is 2.18. The summed E-state index contributed by atoms with van der Waals surface area (Å²) in [5.41, 5.74) is 2.17.